The first-order valence-electron chi connectivity index (χ1n) is 9.00. The molecule has 138 valence electrons. The molecule has 7 heteroatoms. The molecule has 2 aromatic rings. The molecule has 0 aliphatic carbocycles. The number of hydrogen-bond acceptors (Lipinski definition) is 4. The smallest absolute Gasteiger partial charge is 0.228 e. The number of aryl methyl sites for hydroxylation is 1. The van der Waals surface area contributed by atoms with Crippen molar-refractivity contribution in [2.45, 2.75) is 32.9 Å². The van der Waals surface area contributed by atoms with Gasteiger partial charge in [-0.15, -0.1) is 0 Å². The van der Waals surface area contributed by atoms with Crippen LogP contribution in [0, 0.1) is 5.92 Å². The van der Waals surface area contributed by atoms with Crippen LogP contribution in [0.25, 0.3) is 0 Å². The fourth-order valence-electron chi connectivity index (χ4n) is 3.32. The fourth-order valence-corrected chi connectivity index (χ4v) is 3.32. The summed E-state index contributed by atoms with van der Waals surface area (Å²) in [6, 6.07) is 3.80. The van der Waals surface area contributed by atoms with Gasteiger partial charge in [0.1, 0.15) is 5.82 Å². The molecule has 1 atom stereocenters. The zero-order valence-corrected chi connectivity index (χ0v) is 15.3. The summed E-state index contributed by atoms with van der Waals surface area (Å²) in [5.41, 5.74) is 0.979. The van der Waals surface area contributed by atoms with Gasteiger partial charge in [0, 0.05) is 57.9 Å². The minimum Gasteiger partial charge on any atom is -0.337 e. The Bertz CT molecular complexity index is 758. The van der Waals surface area contributed by atoms with Gasteiger partial charge in [-0.3, -0.25) is 14.6 Å². The molecule has 1 fully saturated rings. The van der Waals surface area contributed by atoms with E-state index < -0.39 is 0 Å². The van der Waals surface area contributed by atoms with E-state index in [0.717, 1.165) is 17.8 Å². The highest BCUT2D eigenvalue weighted by atomic mass is 16.2. The van der Waals surface area contributed by atoms with Crippen molar-refractivity contribution in [3.05, 3.63) is 48.3 Å². The lowest BCUT2D eigenvalue weighted by molar-refractivity contribution is -0.136. The standard InChI is InChI=1S/C19H25N5O2/c1-3-8-23(14-17-21-7-9-22(17)2)19(26)16-10-18(25)24(13-16)12-15-5-4-6-20-11-15/h4-7,9,11,16H,3,8,10,12-14H2,1-2H3. The van der Waals surface area contributed by atoms with E-state index in [1.54, 1.807) is 23.5 Å². The van der Waals surface area contributed by atoms with Gasteiger partial charge >= 0.3 is 0 Å². The highest BCUT2D eigenvalue weighted by Crippen LogP contribution is 2.23. The van der Waals surface area contributed by atoms with Gasteiger partial charge in [0.25, 0.3) is 0 Å². The quantitative estimate of drug-likeness (QED) is 0.756. The summed E-state index contributed by atoms with van der Waals surface area (Å²) in [7, 11) is 1.92. The molecular weight excluding hydrogens is 330 g/mol. The van der Waals surface area contributed by atoms with Crippen LogP contribution >= 0.6 is 0 Å². The van der Waals surface area contributed by atoms with Gasteiger partial charge in [0.15, 0.2) is 0 Å². The molecule has 0 N–H and O–H groups in total. The zero-order valence-electron chi connectivity index (χ0n) is 15.3. The van der Waals surface area contributed by atoms with Crippen molar-refractivity contribution in [2.75, 3.05) is 13.1 Å². The van der Waals surface area contributed by atoms with Gasteiger partial charge in [0.2, 0.25) is 11.8 Å². The van der Waals surface area contributed by atoms with Gasteiger partial charge in [-0.2, -0.15) is 0 Å². The van der Waals surface area contributed by atoms with Crippen LogP contribution in [0.15, 0.2) is 36.9 Å². The van der Waals surface area contributed by atoms with Crippen LogP contribution in [-0.4, -0.2) is 49.2 Å². The number of carbonyl (C=O) groups is 2. The molecule has 2 aromatic heterocycles. The maximum atomic E-state index is 13.0. The van der Waals surface area contributed by atoms with Crippen molar-refractivity contribution < 1.29 is 9.59 Å². The Labute approximate surface area is 153 Å². The SMILES string of the molecule is CCCN(Cc1nccn1C)C(=O)C1CC(=O)N(Cc2cccnc2)C1. The number of nitrogens with zero attached hydrogens (tertiary/aromatic N) is 5. The van der Waals surface area contributed by atoms with E-state index in [0.29, 0.717) is 26.2 Å². The molecule has 1 aliphatic heterocycles. The van der Waals surface area contributed by atoms with Crippen molar-refractivity contribution in [2.24, 2.45) is 13.0 Å². The van der Waals surface area contributed by atoms with Crippen molar-refractivity contribution in [1.29, 1.82) is 0 Å². The maximum absolute atomic E-state index is 13.0. The number of amides is 2. The Kier molecular flexibility index (Phi) is 5.65. The van der Waals surface area contributed by atoms with E-state index in [2.05, 4.69) is 9.97 Å². The summed E-state index contributed by atoms with van der Waals surface area (Å²) in [4.78, 5) is 37.4. The third-order valence-corrected chi connectivity index (χ3v) is 4.72. The number of rotatable bonds is 7. The molecule has 2 amide bonds. The third kappa shape index (κ3) is 4.09. The van der Waals surface area contributed by atoms with Crippen LogP contribution < -0.4 is 0 Å². The van der Waals surface area contributed by atoms with Gasteiger partial charge < -0.3 is 14.4 Å². The van der Waals surface area contributed by atoms with Crippen LogP contribution in [0.4, 0.5) is 0 Å². The maximum Gasteiger partial charge on any atom is 0.228 e. The van der Waals surface area contributed by atoms with Crippen LogP contribution in [0.1, 0.15) is 31.2 Å². The average molecular weight is 355 g/mol. The Morgan fingerprint density at radius 2 is 2.23 bits per heavy atom. The van der Waals surface area contributed by atoms with Crippen LogP contribution in [0.5, 0.6) is 0 Å². The van der Waals surface area contributed by atoms with Crippen LogP contribution in [-0.2, 0) is 29.7 Å². The number of hydrogen-bond donors (Lipinski definition) is 0. The lowest BCUT2D eigenvalue weighted by atomic mass is 10.1. The molecular formula is C19H25N5O2. The largest absolute Gasteiger partial charge is 0.337 e. The molecule has 3 heterocycles. The normalized spacial score (nSPS) is 16.9. The van der Waals surface area contributed by atoms with E-state index in [1.807, 2.05) is 41.8 Å². The van der Waals surface area contributed by atoms with Gasteiger partial charge in [-0.05, 0) is 18.1 Å². The molecule has 0 radical (unpaired) electrons. The average Bonchev–Trinajstić information content (AvgIpc) is 3.21. The van der Waals surface area contributed by atoms with Gasteiger partial charge in [-0.25, -0.2) is 4.98 Å². The monoisotopic (exact) mass is 355 g/mol. The molecule has 0 spiro atoms. The molecule has 1 unspecified atom stereocenters. The number of imidazole rings is 1. The van der Waals surface area contributed by atoms with Crippen LogP contribution in [0.2, 0.25) is 0 Å². The second-order valence-corrected chi connectivity index (χ2v) is 6.75. The van der Waals surface area contributed by atoms with Gasteiger partial charge in [0.05, 0.1) is 12.5 Å². The highest BCUT2D eigenvalue weighted by Gasteiger charge is 2.36. The Hall–Kier alpha value is -2.70. The third-order valence-electron chi connectivity index (χ3n) is 4.72. The topological polar surface area (TPSA) is 71.3 Å². The van der Waals surface area contributed by atoms with Gasteiger partial charge in [-0.1, -0.05) is 13.0 Å². The Balaban J connectivity index is 1.65. The van der Waals surface area contributed by atoms with Crippen molar-refractivity contribution in [3.8, 4) is 0 Å². The second-order valence-electron chi connectivity index (χ2n) is 6.75. The lowest BCUT2D eigenvalue weighted by Gasteiger charge is -2.25. The first-order chi connectivity index (χ1) is 12.6. The molecule has 0 saturated carbocycles. The zero-order chi connectivity index (χ0) is 18.5. The summed E-state index contributed by atoms with van der Waals surface area (Å²) < 4.78 is 1.92. The van der Waals surface area contributed by atoms with Crippen molar-refractivity contribution >= 4 is 11.8 Å². The van der Waals surface area contributed by atoms with E-state index in [9.17, 15) is 9.59 Å². The summed E-state index contributed by atoms with van der Waals surface area (Å²) in [6.07, 6.45) is 8.22. The number of pyridine rings is 1. The van der Waals surface area contributed by atoms with Crippen molar-refractivity contribution in [1.82, 2.24) is 24.3 Å². The highest BCUT2D eigenvalue weighted by molar-refractivity contribution is 5.89. The van der Waals surface area contributed by atoms with E-state index in [4.69, 9.17) is 0 Å². The van der Waals surface area contributed by atoms with E-state index in [-0.39, 0.29) is 24.2 Å². The first kappa shape index (κ1) is 18.1. The molecule has 1 aliphatic rings. The Morgan fingerprint density at radius 3 is 2.88 bits per heavy atom. The summed E-state index contributed by atoms with van der Waals surface area (Å²) in [5.74, 6) is 0.631. The number of carbonyl (C=O) groups excluding carboxylic acids is 2. The van der Waals surface area contributed by atoms with Crippen LogP contribution in [0.3, 0.4) is 0 Å². The molecule has 0 aromatic carbocycles. The lowest BCUT2D eigenvalue weighted by Crippen LogP contribution is -2.38. The molecule has 1 saturated heterocycles. The summed E-state index contributed by atoms with van der Waals surface area (Å²) in [5, 5.41) is 0. The second kappa shape index (κ2) is 8.12. The molecule has 3 rings (SSSR count). The predicted octanol–water partition coefficient (Wildman–Crippen LogP) is 1.60. The van der Waals surface area contributed by atoms with E-state index in [1.165, 1.54) is 0 Å². The Morgan fingerprint density at radius 1 is 1.38 bits per heavy atom. The summed E-state index contributed by atoms with van der Waals surface area (Å²) in [6.45, 7) is 4.16. The van der Waals surface area contributed by atoms with E-state index >= 15 is 0 Å². The predicted molar refractivity (Wildman–Crippen MR) is 96.7 cm³/mol. The number of likely N-dealkylation sites (tertiary alicyclic amines) is 1. The number of aromatic nitrogens is 3. The molecule has 7 nitrogen and oxygen atoms in total. The summed E-state index contributed by atoms with van der Waals surface area (Å²) >= 11 is 0. The molecule has 0 bridgehead atoms. The minimum atomic E-state index is -0.286. The first-order valence-corrected chi connectivity index (χ1v) is 9.00. The van der Waals surface area contributed by atoms with Crippen molar-refractivity contribution in [3.63, 3.8) is 0 Å². The molecule has 26 heavy (non-hydrogen) atoms. The fraction of sp³-hybridized carbons (Fsp3) is 0.474. The minimum absolute atomic E-state index is 0.0284.